The number of aromatic nitrogens is 2. The molecule has 1 atom stereocenters. The Bertz CT molecular complexity index is 657. The van der Waals surface area contributed by atoms with Gasteiger partial charge in [-0.15, -0.1) is 0 Å². The third-order valence-corrected chi connectivity index (χ3v) is 5.24. The highest BCUT2D eigenvalue weighted by Gasteiger charge is 2.22. The summed E-state index contributed by atoms with van der Waals surface area (Å²) in [5.74, 6) is 0.537. The second-order valence-corrected chi connectivity index (χ2v) is 7.46. The Morgan fingerprint density at radius 3 is 3.00 bits per heavy atom. The minimum Gasteiger partial charge on any atom is -0.378 e. The van der Waals surface area contributed by atoms with Crippen molar-refractivity contribution in [2.45, 2.75) is 30.5 Å². The zero-order valence-electron chi connectivity index (χ0n) is 14.4. The molecule has 142 valence electrons. The van der Waals surface area contributed by atoms with Crippen molar-refractivity contribution in [3.05, 3.63) is 11.2 Å². The maximum Gasteiger partial charge on any atom is 0.242 e. The summed E-state index contributed by atoms with van der Waals surface area (Å²) in [6.45, 7) is 3.45. The predicted molar refractivity (Wildman–Crippen MR) is 99.6 cm³/mol. The minimum absolute atomic E-state index is 0.116. The van der Waals surface area contributed by atoms with Gasteiger partial charge in [-0.05, 0) is 19.3 Å². The standard InChI is InChI=1S/C16H22ClN5O3S/c17-12-9-13(22-5-7-25-8-6-22)21-16(20-12)26-10-14(23)19-11-3-1-2-4-18-15(11)24/h9,11H,1-8,10H2,(H,18,24)(H,19,23). The molecule has 0 radical (unpaired) electrons. The summed E-state index contributed by atoms with van der Waals surface area (Å²) in [5.41, 5.74) is 0. The van der Waals surface area contributed by atoms with E-state index in [1.54, 1.807) is 6.07 Å². The van der Waals surface area contributed by atoms with Gasteiger partial charge < -0.3 is 20.3 Å². The van der Waals surface area contributed by atoms with Crippen LogP contribution in [0.2, 0.25) is 5.15 Å². The van der Waals surface area contributed by atoms with Crippen LogP contribution in [0.4, 0.5) is 5.82 Å². The van der Waals surface area contributed by atoms with E-state index in [-0.39, 0.29) is 17.6 Å². The molecule has 0 bridgehead atoms. The number of carbonyl (C=O) groups is 2. The van der Waals surface area contributed by atoms with E-state index in [0.29, 0.717) is 36.5 Å². The van der Waals surface area contributed by atoms with Crippen LogP contribution < -0.4 is 15.5 Å². The Balaban J connectivity index is 1.55. The number of thioether (sulfide) groups is 1. The molecule has 8 nitrogen and oxygen atoms in total. The molecule has 1 aromatic heterocycles. The fraction of sp³-hybridized carbons (Fsp3) is 0.625. The second-order valence-electron chi connectivity index (χ2n) is 6.13. The van der Waals surface area contributed by atoms with Crippen LogP contribution in [0.1, 0.15) is 19.3 Å². The average Bonchev–Trinajstić information content (AvgIpc) is 2.85. The number of halogens is 1. The van der Waals surface area contributed by atoms with Gasteiger partial charge >= 0.3 is 0 Å². The lowest BCUT2D eigenvalue weighted by Crippen LogP contribution is -2.46. The van der Waals surface area contributed by atoms with Crippen molar-refractivity contribution in [3.63, 3.8) is 0 Å². The summed E-state index contributed by atoms with van der Waals surface area (Å²) in [7, 11) is 0. The van der Waals surface area contributed by atoms with Gasteiger partial charge in [-0.2, -0.15) is 0 Å². The molecule has 0 aliphatic carbocycles. The number of ether oxygens (including phenoxy) is 1. The molecule has 2 aliphatic rings. The lowest BCUT2D eigenvalue weighted by atomic mass is 10.1. The highest BCUT2D eigenvalue weighted by atomic mass is 35.5. The third kappa shape index (κ3) is 5.46. The summed E-state index contributed by atoms with van der Waals surface area (Å²) >= 11 is 7.31. The number of amides is 2. The molecule has 3 heterocycles. The zero-order valence-corrected chi connectivity index (χ0v) is 15.9. The van der Waals surface area contributed by atoms with Gasteiger partial charge in [0.2, 0.25) is 11.8 Å². The summed E-state index contributed by atoms with van der Waals surface area (Å²) in [6, 6.07) is 1.25. The van der Waals surface area contributed by atoms with Gasteiger partial charge in [0.15, 0.2) is 5.16 Å². The molecule has 1 aromatic rings. The number of hydrogen-bond donors (Lipinski definition) is 2. The van der Waals surface area contributed by atoms with Crippen LogP contribution in [-0.4, -0.2) is 66.4 Å². The number of nitrogens with one attached hydrogen (secondary N) is 2. The minimum atomic E-state index is -0.463. The summed E-state index contributed by atoms with van der Waals surface area (Å²) in [5, 5.41) is 6.38. The molecule has 0 spiro atoms. The smallest absolute Gasteiger partial charge is 0.242 e. The zero-order chi connectivity index (χ0) is 18.4. The molecule has 0 saturated carbocycles. The Morgan fingerprint density at radius 2 is 2.19 bits per heavy atom. The van der Waals surface area contributed by atoms with Crippen LogP contribution >= 0.6 is 23.4 Å². The monoisotopic (exact) mass is 399 g/mol. The van der Waals surface area contributed by atoms with Crippen LogP contribution in [0, 0.1) is 0 Å². The van der Waals surface area contributed by atoms with Gasteiger partial charge in [0, 0.05) is 25.7 Å². The second kappa shape index (κ2) is 9.38. The van der Waals surface area contributed by atoms with Crippen molar-refractivity contribution in [1.29, 1.82) is 0 Å². The van der Waals surface area contributed by atoms with Crippen molar-refractivity contribution >= 4 is 41.0 Å². The van der Waals surface area contributed by atoms with Crippen LogP contribution in [0.25, 0.3) is 0 Å². The van der Waals surface area contributed by atoms with E-state index in [1.165, 1.54) is 11.8 Å². The van der Waals surface area contributed by atoms with Gasteiger partial charge in [-0.1, -0.05) is 23.4 Å². The van der Waals surface area contributed by atoms with Gasteiger partial charge in [0.05, 0.1) is 19.0 Å². The molecule has 26 heavy (non-hydrogen) atoms. The van der Waals surface area contributed by atoms with E-state index in [9.17, 15) is 9.59 Å². The van der Waals surface area contributed by atoms with E-state index in [0.717, 1.165) is 31.7 Å². The maximum absolute atomic E-state index is 12.2. The predicted octanol–water partition coefficient (Wildman–Crippen LogP) is 0.844. The molecule has 2 saturated heterocycles. The molecule has 0 aromatic carbocycles. The Kier molecular flexibility index (Phi) is 6.93. The van der Waals surface area contributed by atoms with E-state index in [1.807, 2.05) is 0 Å². The number of anilines is 1. The fourth-order valence-electron chi connectivity index (χ4n) is 2.85. The van der Waals surface area contributed by atoms with Crippen LogP contribution in [0.3, 0.4) is 0 Å². The molecular formula is C16H22ClN5O3S. The largest absolute Gasteiger partial charge is 0.378 e. The lowest BCUT2D eigenvalue weighted by Gasteiger charge is -2.27. The number of carbonyl (C=O) groups excluding carboxylic acids is 2. The first-order valence-corrected chi connectivity index (χ1v) is 10.1. The topological polar surface area (TPSA) is 96.5 Å². The first kappa shape index (κ1) is 19.2. The first-order valence-electron chi connectivity index (χ1n) is 8.69. The summed E-state index contributed by atoms with van der Waals surface area (Å²) < 4.78 is 5.34. The molecule has 2 aliphatic heterocycles. The number of nitrogens with zero attached hydrogens (tertiary/aromatic N) is 3. The molecule has 1 unspecified atom stereocenters. The van der Waals surface area contributed by atoms with Crippen molar-refractivity contribution in [1.82, 2.24) is 20.6 Å². The van der Waals surface area contributed by atoms with Gasteiger partial charge in [-0.25, -0.2) is 9.97 Å². The quantitative estimate of drug-likeness (QED) is 0.430. The van der Waals surface area contributed by atoms with Crippen LogP contribution in [0.5, 0.6) is 0 Å². The Hall–Kier alpha value is -1.58. The van der Waals surface area contributed by atoms with Crippen molar-refractivity contribution < 1.29 is 14.3 Å². The SMILES string of the molecule is O=C(CSc1nc(Cl)cc(N2CCOCC2)n1)NC1CCCCNC1=O. The highest BCUT2D eigenvalue weighted by Crippen LogP contribution is 2.22. The molecular weight excluding hydrogens is 378 g/mol. The maximum atomic E-state index is 12.2. The van der Waals surface area contributed by atoms with E-state index in [4.69, 9.17) is 16.3 Å². The van der Waals surface area contributed by atoms with Gasteiger partial charge in [-0.3, -0.25) is 9.59 Å². The molecule has 2 amide bonds. The van der Waals surface area contributed by atoms with Crippen molar-refractivity contribution in [2.75, 3.05) is 43.5 Å². The van der Waals surface area contributed by atoms with Crippen LogP contribution in [0.15, 0.2) is 11.2 Å². The van der Waals surface area contributed by atoms with E-state index in [2.05, 4.69) is 25.5 Å². The Morgan fingerprint density at radius 1 is 1.38 bits per heavy atom. The van der Waals surface area contributed by atoms with E-state index >= 15 is 0 Å². The number of morpholine rings is 1. The van der Waals surface area contributed by atoms with Crippen LogP contribution in [-0.2, 0) is 14.3 Å². The molecule has 2 fully saturated rings. The fourth-order valence-corrected chi connectivity index (χ4v) is 3.74. The summed E-state index contributed by atoms with van der Waals surface area (Å²) in [4.78, 5) is 34.8. The van der Waals surface area contributed by atoms with Gasteiger partial charge in [0.25, 0.3) is 0 Å². The average molecular weight is 400 g/mol. The van der Waals surface area contributed by atoms with Crippen molar-refractivity contribution in [3.8, 4) is 0 Å². The van der Waals surface area contributed by atoms with Crippen molar-refractivity contribution in [2.24, 2.45) is 0 Å². The summed E-state index contributed by atoms with van der Waals surface area (Å²) in [6.07, 6.45) is 2.52. The molecule has 2 N–H and O–H groups in total. The molecule has 3 rings (SSSR count). The normalized spacial score (nSPS) is 21.0. The van der Waals surface area contributed by atoms with Gasteiger partial charge in [0.1, 0.15) is 17.0 Å². The Labute approximate surface area is 161 Å². The third-order valence-electron chi connectivity index (χ3n) is 4.20. The number of rotatable bonds is 5. The number of hydrogen-bond acceptors (Lipinski definition) is 7. The van der Waals surface area contributed by atoms with E-state index < -0.39 is 6.04 Å². The molecule has 10 heteroatoms. The lowest BCUT2D eigenvalue weighted by molar-refractivity contribution is -0.127. The highest BCUT2D eigenvalue weighted by molar-refractivity contribution is 7.99. The first-order chi connectivity index (χ1) is 12.6.